The second kappa shape index (κ2) is 3.38. The first kappa shape index (κ1) is 9.71. The molecule has 1 heterocycles. The van der Waals surface area contributed by atoms with Crippen molar-refractivity contribution in [2.24, 2.45) is 0 Å². The van der Waals surface area contributed by atoms with Gasteiger partial charge in [-0.2, -0.15) is 0 Å². The van der Waals surface area contributed by atoms with Crippen molar-refractivity contribution in [2.75, 3.05) is 0 Å². The Morgan fingerprint density at radius 2 is 2.07 bits per heavy atom. The third-order valence-corrected chi connectivity index (χ3v) is 2.68. The monoisotopic (exact) mass is 204 g/mol. The van der Waals surface area contributed by atoms with Crippen LogP contribution in [0.1, 0.15) is 18.2 Å². The van der Waals surface area contributed by atoms with Gasteiger partial charge in [-0.25, -0.2) is 0 Å². The predicted octanol–water partition coefficient (Wildman–Crippen LogP) is 1.77. The number of benzene rings is 1. The molecule has 4 nitrogen and oxygen atoms in total. The standard InChI is InChI=1S/C11H12N2O2/c1-3-9-8(2)12(14)13(15)11-7-5-4-6-10(9)11/h4-7H,3H2,1-2H3. The fraction of sp³-hybridized carbons (Fsp3) is 0.273. The molecule has 0 saturated carbocycles. The Bertz CT molecular complexity index is 573. The maximum absolute atomic E-state index is 11.6. The van der Waals surface area contributed by atoms with Crippen LogP contribution in [0.4, 0.5) is 0 Å². The van der Waals surface area contributed by atoms with Crippen molar-refractivity contribution in [3.8, 4) is 0 Å². The molecule has 0 spiro atoms. The van der Waals surface area contributed by atoms with Gasteiger partial charge >= 0.3 is 0 Å². The zero-order valence-corrected chi connectivity index (χ0v) is 8.73. The smallest absolute Gasteiger partial charge is 0.299 e. The van der Waals surface area contributed by atoms with E-state index in [1.54, 1.807) is 19.1 Å². The van der Waals surface area contributed by atoms with Crippen LogP contribution >= 0.6 is 0 Å². The van der Waals surface area contributed by atoms with Gasteiger partial charge < -0.3 is 5.21 Å². The average molecular weight is 204 g/mol. The molecular formula is C11H12N2O2. The fourth-order valence-electron chi connectivity index (χ4n) is 1.89. The summed E-state index contributed by atoms with van der Waals surface area (Å²) in [6, 6.07) is 7.16. The highest BCUT2D eigenvalue weighted by molar-refractivity contribution is 5.79. The average Bonchev–Trinajstić information content (AvgIpc) is 2.27. The number of nitrogens with zero attached hydrogens (tertiary/aromatic N) is 2. The summed E-state index contributed by atoms with van der Waals surface area (Å²) in [7, 11) is 0. The van der Waals surface area contributed by atoms with E-state index in [0.29, 0.717) is 20.6 Å². The second-order valence-electron chi connectivity index (χ2n) is 3.48. The van der Waals surface area contributed by atoms with Gasteiger partial charge in [0.05, 0.1) is 16.0 Å². The van der Waals surface area contributed by atoms with Gasteiger partial charge in [0.1, 0.15) is 0 Å². The van der Waals surface area contributed by atoms with Gasteiger partial charge in [-0.1, -0.05) is 19.1 Å². The number of aromatic nitrogens is 2. The molecule has 78 valence electrons. The third-order valence-electron chi connectivity index (χ3n) is 2.68. The van der Waals surface area contributed by atoms with Crippen molar-refractivity contribution in [3.63, 3.8) is 0 Å². The molecule has 2 rings (SSSR count). The lowest BCUT2D eigenvalue weighted by Gasteiger charge is -2.10. The van der Waals surface area contributed by atoms with E-state index in [4.69, 9.17) is 0 Å². The molecule has 0 saturated heterocycles. The molecule has 15 heavy (non-hydrogen) atoms. The first-order valence-electron chi connectivity index (χ1n) is 4.90. The normalized spacial score (nSPS) is 10.8. The molecule has 0 atom stereocenters. The van der Waals surface area contributed by atoms with E-state index >= 15 is 0 Å². The number of aryl methyl sites for hydroxylation is 1. The molecule has 4 heteroatoms. The zero-order chi connectivity index (χ0) is 11.0. The van der Waals surface area contributed by atoms with Gasteiger partial charge in [-0.15, -0.1) is 4.85 Å². The van der Waals surface area contributed by atoms with Crippen LogP contribution in [0.3, 0.4) is 0 Å². The maximum Gasteiger partial charge on any atom is 0.299 e. The summed E-state index contributed by atoms with van der Waals surface area (Å²) >= 11 is 0. The SMILES string of the molecule is CCc1c(C)n([O-])[n+](=O)c2ccccc12. The van der Waals surface area contributed by atoms with Crippen LogP contribution in [0.25, 0.3) is 10.9 Å². The van der Waals surface area contributed by atoms with Crippen molar-refractivity contribution in [2.45, 2.75) is 20.3 Å². The van der Waals surface area contributed by atoms with Crippen molar-refractivity contribution in [1.29, 1.82) is 0 Å². The summed E-state index contributed by atoms with van der Waals surface area (Å²) in [4.78, 5) is 12.0. The van der Waals surface area contributed by atoms with Gasteiger partial charge in [0.25, 0.3) is 5.52 Å². The molecule has 0 N–H and O–H groups in total. The maximum atomic E-state index is 11.6. The zero-order valence-electron chi connectivity index (χ0n) is 8.73. The van der Waals surface area contributed by atoms with E-state index in [2.05, 4.69) is 0 Å². The van der Waals surface area contributed by atoms with E-state index in [0.717, 1.165) is 17.4 Å². The number of fused-ring (bicyclic) bond motifs is 1. The Kier molecular flexibility index (Phi) is 2.19. The molecule has 1 aromatic carbocycles. The van der Waals surface area contributed by atoms with Crippen LogP contribution < -0.4 is 4.54 Å². The molecule has 1 aromatic heterocycles. The van der Waals surface area contributed by atoms with Crippen LogP contribution in [0.15, 0.2) is 24.3 Å². The Labute approximate surface area is 86.9 Å². The van der Waals surface area contributed by atoms with Crippen molar-refractivity contribution >= 4 is 10.9 Å². The van der Waals surface area contributed by atoms with Gasteiger partial charge in [0.15, 0.2) is 4.54 Å². The van der Waals surface area contributed by atoms with E-state index in [-0.39, 0.29) is 0 Å². The minimum Gasteiger partial charge on any atom is -0.755 e. The summed E-state index contributed by atoms with van der Waals surface area (Å²) < 4.78 is 0.393. The van der Waals surface area contributed by atoms with Crippen LogP contribution in [0.5, 0.6) is 0 Å². The van der Waals surface area contributed by atoms with Crippen molar-refractivity contribution in [3.05, 3.63) is 45.6 Å². The summed E-state index contributed by atoms with van der Waals surface area (Å²) in [6.07, 6.45) is 0.745. The summed E-state index contributed by atoms with van der Waals surface area (Å²) in [5, 5.41) is 12.4. The summed E-state index contributed by atoms with van der Waals surface area (Å²) in [5.74, 6) is 0. The van der Waals surface area contributed by atoms with Gasteiger partial charge in [0, 0.05) is 6.07 Å². The van der Waals surface area contributed by atoms with Gasteiger partial charge in [-0.3, -0.25) is 0 Å². The van der Waals surface area contributed by atoms with E-state index in [9.17, 15) is 10.1 Å². The molecule has 0 unspecified atom stereocenters. The molecule has 0 aliphatic heterocycles. The lowest BCUT2D eigenvalue weighted by Crippen LogP contribution is -2.31. The van der Waals surface area contributed by atoms with Crippen LogP contribution in [0, 0.1) is 17.0 Å². The number of rotatable bonds is 1. The predicted molar refractivity (Wildman–Crippen MR) is 58.2 cm³/mol. The Morgan fingerprint density at radius 1 is 1.40 bits per heavy atom. The molecule has 0 aliphatic rings. The minimum atomic E-state index is 0.393. The second-order valence-corrected chi connectivity index (χ2v) is 3.48. The number of para-hydroxylation sites is 1. The molecular weight excluding hydrogens is 192 g/mol. The van der Waals surface area contributed by atoms with Crippen molar-refractivity contribution in [1.82, 2.24) is 4.85 Å². The highest BCUT2D eigenvalue weighted by Gasteiger charge is 2.14. The molecule has 0 amide bonds. The van der Waals surface area contributed by atoms with E-state index in [1.165, 1.54) is 0 Å². The van der Waals surface area contributed by atoms with Gasteiger partial charge in [-0.05, 0) is 25.0 Å². The lowest BCUT2D eigenvalue weighted by atomic mass is 10.1. The van der Waals surface area contributed by atoms with Crippen molar-refractivity contribution < 1.29 is 4.54 Å². The van der Waals surface area contributed by atoms with Crippen LogP contribution in [-0.4, -0.2) is 4.85 Å². The Balaban J connectivity index is 3.05. The Hall–Kier alpha value is -1.84. The number of hydrogen-bond donors (Lipinski definition) is 0. The molecule has 0 fully saturated rings. The molecule has 0 bridgehead atoms. The minimum absolute atomic E-state index is 0.393. The van der Waals surface area contributed by atoms with E-state index < -0.39 is 0 Å². The molecule has 2 aromatic rings. The number of hydrogen-bond acceptors (Lipinski definition) is 2. The molecule has 0 aliphatic carbocycles. The lowest BCUT2D eigenvalue weighted by molar-refractivity contribution is -0.561. The van der Waals surface area contributed by atoms with E-state index in [1.807, 2.05) is 19.1 Å². The first-order valence-corrected chi connectivity index (χ1v) is 4.90. The van der Waals surface area contributed by atoms with Crippen LogP contribution in [0.2, 0.25) is 0 Å². The summed E-state index contributed by atoms with van der Waals surface area (Å²) in [5.41, 5.74) is 1.84. The fourth-order valence-corrected chi connectivity index (χ4v) is 1.89. The van der Waals surface area contributed by atoms with Crippen LogP contribution in [-0.2, 0) is 6.42 Å². The summed E-state index contributed by atoms with van der Waals surface area (Å²) in [6.45, 7) is 3.65. The largest absolute Gasteiger partial charge is 0.755 e. The molecule has 0 radical (unpaired) electrons. The quantitative estimate of drug-likeness (QED) is 0.665. The highest BCUT2D eigenvalue weighted by atomic mass is 16.5. The highest BCUT2D eigenvalue weighted by Crippen LogP contribution is 2.18. The van der Waals surface area contributed by atoms with Gasteiger partial charge in [0.2, 0.25) is 0 Å². The first-order chi connectivity index (χ1) is 7.16. The Morgan fingerprint density at radius 3 is 2.73 bits per heavy atom. The topological polar surface area (TPSA) is 51.0 Å². The third kappa shape index (κ3) is 1.29.